The lowest BCUT2D eigenvalue weighted by Gasteiger charge is -2.07. The van der Waals surface area contributed by atoms with Crippen molar-refractivity contribution in [3.05, 3.63) is 0 Å². The van der Waals surface area contributed by atoms with E-state index < -0.39 is 0 Å². The Kier molecular flexibility index (Phi) is 31.5. The molecule has 0 aliphatic carbocycles. The average molecular weight is 562 g/mol. The van der Waals surface area contributed by atoms with Crippen LogP contribution in [0.25, 0.3) is 0 Å². The van der Waals surface area contributed by atoms with Crippen molar-refractivity contribution in [2.75, 3.05) is 42.8 Å². The van der Waals surface area contributed by atoms with Gasteiger partial charge in [-0.1, -0.05) is 84.0 Å². The van der Waals surface area contributed by atoms with E-state index in [1.807, 2.05) is 11.8 Å². The van der Waals surface area contributed by atoms with Gasteiger partial charge in [-0.2, -0.15) is 23.5 Å². The number of unbranched alkanes of at least 4 members (excludes halogenated alkanes) is 14. The minimum atomic E-state index is -0.128. The molecule has 0 aliphatic rings. The molecule has 0 bridgehead atoms. The summed E-state index contributed by atoms with van der Waals surface area (Å²) in [5.74, 6) is 4.68. The summed E-state index contributed by atoms with van der Waals surface area (Å²) in [7, 11) is 0. The lowest BCUT2D eigenvalue weighted by atomic mass is 10.1. The van der Waals surface area contributed by atoms with Crippen molar-refractivity contribution in [3.63, 3.8) is 0 Å². The zero-order valence-electron chi connectivity index (χ0n) is 24.1. The normalized spacial score (nSPS) is 11.1. The van der Waals surface area contributed by atoms with Crippen LogP contribution < -0.4 is 5.73 Å². The molecular weight excluding hydrogens is 502 g/mol. The van der Waals surface area contributed by atoms with E-state index in [1.165, 1.54) is 101 Å². The van der Waals surface area contributed by atoms with Gasteiger partial charge in [0.1, 0.15) is 0 Å². The molecule has 0 aromatic carbocycles. The lowest BCUT2D eigenvalue weighted by molar-refractivity contribution is -0.146. The second-order valence-corrected chi connectivity index (χ2v) is 12.4. The minimum absolute atomic E-state index is 0.124. The smallest absolute Gasteiger partial charge is 0.305 e. The number of hydrogen-bond donors (Lipinski definition) is 1. The van der Waals surface area contributed by atoms with Crippen LogP contribution in [0.3, 0.4) is 0 Å². The van der Waals surface area contributed by atoms with Gasteiger partial charge in [0.15, 0.2) is 0 Å². The van der Waals surface area contributed by atoms with E-state index in [9.17, 15) is 9.59 Å². The Morgan fingerprint density at radius 2 is 0.892 bits per heavy atom. The van der Waals surface area contributed by atoms with Gasteiger partial charge in [-0.3, -0.25) is 9.59 Å². The molecule has 5 nitrogen and oxygen atoms in total. The molecule has 0 aliphatic heterocycles. The van der Waals surface area contributed by atoms with Gasteiger partial charge >= 0.3 is 11.9 Å². The third-order valence-corrected chi connectivity index (χ3v) is 8.64. The number of esters is 2. The summed E-state index contributed by atoms with van der Waals surface area (Å²) in [6.07, 6.45) is 22.4. The van der Waals surface area contributed by atoms with E-state index in [4.69, 9.17) is 15.2 Å². The summed E-state index contributed by atoms with van der Waals surface area (Å²) in [4.78, 5) is 23.6. The number of carbonyl (C=O) groups excluding carboxylic acids is 2. The Bertz CT molecular complexity index is 452. The van der Waals surface area contributed by atoms with Crippen molar-refractivity contribution in [2.45, 2.75) is 135 Å². The highest BCUT2D eigenvalue weighted by Gasteiger charge is 2.05. The molecule has 0 aromatic heterocycles. The predicted molar refractivity (Wildman–Crippen MR) is 164 cm³/mol. The van der Waals surface area contributed by atoms with Gasteiger partial charge < -0.3 is 15.2 Å². The van der Waals surface area contributed by atoms with Crippen LogP contribution >= 0.6 is 23.5 Å². The molecule has 0 amide bonds. The number of hydrogen-bond acceptors (Lipinski definition) is 7. The molecule has 220 valence electrons. The van der Waals surface area contributed by atoms with Gasteiger partial charge in [0.25, 0.3) is 0 Å². The first-order valence-electron chi connectivity index (χ1n) is 15.4. The Morgan fingerprint density at radius 1 is 0.514 bits per heavy atom. The fraction of sp³-hybridized carbons (Fsp3) is 0.933. The van der Waals surface area contributed by atoms with E-state index in [0.29, 0.717) is 32.5 Å². The standard InChI is InChI=1S/C30H59NO4S2/c1-2-25-36-26-17-13-9-5-3-7-11-15-20-29(32)34-23-19-24-35-30(33)21-16-12-8-4-6-10-14-18-27-37-28-22-31/h2-28,31H2,1H3. The molecule has 0 unspecified atom stereocenters. The molecule has 0 atom stereocenters. The van der Waals surface area contributed by atoms with Crippen molar-refractivity contribution in [1.82, 2.24) is 0 Å². The second kappa shape index (κ2) is 31.8. The third kappa shape index (κ3) is 31.7. The fourth-order valence-corrected chi connectivity index (χ4v) is 5.76. The van der Waals surface area contributed by atoms with Crippen molar-refractivity contribution < 1.29 is 19.1 Å². The summed E-state index contributed by atoms with van der Waals surface area (Å²) in [6.45, 7) is 3.71. The molecular formula is C30H59NO4S2. The van der Waals surface area contributed by atoms with E-state index in [0.717, 1.165) is 38.0 Å². The molecule has 2 N–H and O–H groups in total. The first kappa shape index (κ1) is 36.6. The molecule has 0 aromatic rings. The van der Waals surface area contributed by atoms with Crippen molar-refractivity contribution in [3.8, 4) is 0 Å². The van der Waals surface area contributed by atoms with Gasteiger partial charge in [-0.15, -0.1) is 0 Å². The van der Waals surface area contributed by atoms with Gasteiger partial charge in [0.05, 0.1) is 13.2 Å². The maximum Gasteiger partial charge on any atom is 0.305 e. The Balaban J connectivity index is 3.27. The number of rotatable bonds is 30. The van der Waals surface area contributed by atoms with Crippen molar-refractivity contribution in [1.29, 1.82) is 0 Å². The maximum atomic E-state index is 11.8. The predicted octanol–water partition coefficient (Wildman–Crippen LogP) is 8.32. The topological polar surface area (TPSA) is 78.6 Å². The molecule has 0 saturated heterocycles. The molecule has 7 heteroatoms. The molecule has 0 heterocycles. The SMILES string of the molecule is CCCSCCCCCCCCCCC(=O)OCCCOC(=O)CCCCCCCCCCSCCN. The van der Waals surface area contributed by atoms with E-state index in [1.54, 1.807) is 0 Å². The van der Waals surface area contributed by atoms with Crippen LogP contribution in [0.2, 0.25) is 0 Å². The summed E-state index contributed by atoms with van der Waals surface area (Å²) >= 11 is 4.04. The highest BCUT2D eigenvalue weighted by molar-refractivity contribution is 7.99. The summed E-state index contributed by atoms with van der Waals surface area (Å²) in [5, 5.41) is 0. The third-order valence-electron chi connectivity index (χ3n) is 6.26. The number of nitrogens with two attached hydrogens (primary N) is 1. The van der Waals surface area contributed by atoms with Crippen LogP contribution in [0.4, 0.5) is 0 Å². The minimum Gasteiger partial charge on any atom is -0.466 e. The number of carbonyl (C=O) groups is 2. The van der Waals surface area contributed by atoms with Crippen LogP contribution in [0.15, 0.2) is 0 Å². The van der Waals surface area contributed by atoms with Crippen LogP contribution in [-0.4, -0.2) is 54.7 Å². The summed E-state index contributed by atoms with van der Waals surface area (Å²) in [5.41, 5.74) is 5.49. The average Bonchev–Trinajstić information content (AvgIpc) is 2.89. The largest absolute Gasteiger partial charge is 0.466 e. The van der Waals surface area contributed by atoms with Gasteiger partial charge in [0.2, 0.25) is 0 Å². The highest BCUT2D eigenvalue weighted by atomic mass is 32.2. The zero-order valence-corrected chi connectivity index (χ0v) is 25.8. The molecule has 0 rings (SSSR count). The van der Waals surface area contributed by atoms with Gasteiger partial charge in [-0.05, 0) is 49.4 Å². The summed E-state index contributed by atoms with van der Waals surface area (Å²) < 4.78 is 10.5. The monoisotopic (exact) mass is 561 g/mol. The highest BCUT2D eigenvalue weighted by Crippen LogP contribution is 2.13. The van der Waals surface area contributed by atoms with E-state index >= 15 is 0 Å². The lowest BCUT2D eigenvalue weighted by Crippen LogP contribution is -2.10. The van der Waals surface area contributed by atoms with Crippen molar-refractivity contribution in [2.24, 2.45) is 5.73 Å². The molecule has 0 fully saturated rings. The molecule has 37 heavy (non-hydrogen) atoms. The van der Waals surface area contributed by atoms with E-state index in [-0.39, 0.29) is 11.9 Å². The molecule has 0 saturated carbocycles. The van der Waals surface area contributed by atoms with Crippen LogP contribution in [0.5, 0.6) is 0 Å². The molecule has 0 spiro atoms. The Morgan fingerprint density at radius 3 is 1.30 bits per heavy atom. The summed E-state index contributed by atoms with van der Waals surface area (Å²) in [6, 6.07) is 0. The second-order valence-electron chi connectivity index (χ2n) is 9.96. The first-order valence-corrected chi connectivity index (χ1v) is 17.7. The van der Waals surface area contributed by atoms with Gasteiger partial charge in [0, 0.05) is 31.6 Å². The molecule has 0 radical (unpaired) electrons. The van der Waals surface area contributed by atoms with Gasteiger partial charge in [-0.25, -0.2) is 0 Å². The Hall–Kier alpha value is -0.400. The van der Waals surface area contributed by atoms with Crippen LogP contribution in [0, 0.1) is 0 Å². The van der Waals surface area contributed by atoms with Crippen molar-refractivity contribution >= 4 is 35.5 Å². The number of ether oxygens (including phenoxy) is 2. The number of thioether (sulfide) groups is 2. The Labute approximate surface area is 237 Å². The maximum absolute atomic E-state index is 11.8. The first-order chi connectivity index (χ1) is 18.2. The zero-order chi connectivity index (χ0) is 27.1. The van der Waals surface area contributed by atoms with Crippen LogP contribution in [-0.2, 0) is 19.1 Å². The quantitative estimate of drug-likeness (QED) is 0.0697. The fourth-order valence-electron chi connectivity index (χ4n) is 4.08. The van der Waals surface area contributed by atoms with E-state index in [2.05, 4.69) is 18.7 Å². The van der Waals surface area contributed by atoms with Crippen LogP contribution in [0.1, 0.15) is 135 Å².